The molecule has 0 spiro atoms. The van der Waals surface area contributed by atoms with Gasteiger partial charge in [0.25, 0.3) is 0 Å². The van der Waals surface area contributed by atoms with Gasteiger partial charge in [0.05, 0.1) is 0 Å². The Morgan fingerprint density at radius 1 is 0.131 bits per heavy atom. The van der Waals surface area contributed by atoms with Gasteiger partial charge in [0.15, 0.2) is 0 Å². The van der Waals surface area contributed by atoms with Crippen molar-refractivity contribution in [2.24, 2.45) is 16.7 Å². The summed E-state index contributed by atoms with van der Waals surface area (Å²) in [6, 6.07) is 149. The van der Waals surface area contributed by atoms with Crippen molar-refractivity contribution in [2.75, 3.05) is 0 Å². The Hall–Kier alpha value is -14.3. The van der Waals surface area contributed by atoms with Gasteiger partial charge in [-0.25, -0.2) is 0 Å². The van der Waals surface area contributed by atoms with E-state index in [-0.39, 0.29) is 37.9 Å². The van der Waals surface area contributed by atoms with Crippen molar-refractivity contribution in [2.45, 2.75) is 104 Å². The van der Waals surface area contributed by atoms with Crippen molar-refractivity contribution >= 4 is 122 Å². The van der Waals surface area contributed by atoms with Crippen LogP contribution in [0.3, 0.4) is 0 Å². The lowest BCUT2D eigenvalue weighted by atomic mass is 9.24. The third-order valence-corrected chi connectivity index (χ3v) is 29.9. The van der Waals surface area contributed by atoms with Crippen molar-refractivity contribution in [1.29, 1.82) is 0 Å². The minimum atomic E-state index is -0.356. The van der Waals surface area contributed by atoms with E-state index >= 15 is 0 Å². The van der Waals surface area contributed by atoms with Gasteiger partial charge in [0.2, 0.25) is 0 Å². The van der Waals surface area contributed by atoms with Crippen LogP contribution in [0.2, 0.25) is 0 Å². The molecule has 0 amide bonds. The molecule has 15 aromatic carbocycles. The normalized spacial score (nSPS) is 23.3. The Morgan fingerprint density at radius 3 is 0.438 bits per heavy atom. The molecule has 0 radical (unpaired) electrons. The maximum absolute atomic E-state index is 2.70. The molecule has 8 saturated carbocycles. The molecule has 2 unspecified atom stereocenters. The van der Waals surface area contributed by atoms with Crippen molar-refractivity contribution < 1.29 is 0 Å². The van der Waals surface area contributed by atoms with Gasteiger partial charge in [0, 0.05) is 0 Å². The molecule has 630 valence electrons. The van der Waals surface area contributed by atoms with E-state index in [9.17, 15) is 0 Å². The van der Waals surface area contributed by atoms with Crippen LogP contribution < -0.4 is 0 Å². The smallest absolute Gasteiger partial charge is 0.00241 e. The zero-order valence-corrected chi connectivity index (χ0v) is 74.1. The van der Waals surface area contributed by atoms with E-state index in [1.165, 1.54) is 146 Å². The van der Waals surface area contributed by atoms with Gasteiger partial charge in [-0.05, 0) is 290 Å². The van der Waals surface area contributed by atoms with Crippen LogP contribution in [0, 0.1) is 16.7 Å². The first-order valence-corrected chi connectivity index (χ1v) is 47.0. The highest BCUT2D eigenvalue weighted by Gasteiger charge is 2.77. The highest BCUT2D eigenvalue weighted by atomic mass is 14.8. The summed E-state index contributed by atoms with van der Waals surface area (Å²) < 4.78 is 0. The van der Waals surface area contributed by atoms with Crippen LogP contribution in [0.5, 0.6) is 0 Å². The van der Waals surface area contributed by atoms with E-state index in [4.69, 9.17) is 0 Å². The van der Waals surface area contributed by atoms with Crippen LogP contribution in [0.25, 0.3) is 122 Å². The predicted molar refractivity (Wildman–Crippen MR) is 558 cm³/mol. The van der Waals surface area contributed by atoms with Gasteiger partial charge in [-0.3, -0.25) is 0 Å². The molecule has 0 heterocycles. The SMILES string of the molecule is C(=C\c1cc(/C=C/c2ccccc2)cc(C23CC4CC(c5cc(/C=C/c6ccccc6)cc(/C=C/c6ccccc6)c5)(C2)CC(C25CC6(c7cc(/C=C/c8ccccc8)cc(/C=C/c8ccccc8)c7)CC(c7cc(/C=C/c8ccccc8)cc(/C=C/c8ccccc8)c7)(CC(c7cc(/C=C/c8ccccc8)cc(/C=C/c8ccccc8)c7)(C6)C2)C5)(C4)C3)c1)/c1ccccc1. The quantitative estimate of drug-likeness (QED) is 0.0474. The summed E-state index contributed by atoms with van der Waals surface area (Å²) in [5.74, 6) is 0.425. The number of hydrogen-bond donors (Lipinski definition) is 0. The van der Waals surface area contributed by atoms with Crippen molar-refractivity contribution in [1.82, 2.24) is 0 Å². The molecule has 23 rings (SSSR count). The molecule has 2 atom stereocenters. The molecule has 0 N–H and O–H groups in total. The molecule has 8 bridgehead atoms. The summed E-state index contributed by atoms with van der Waals surface area (Å²) in [5.41, 5.74) is 29.7. The number of hydrogen-bond acceptors (Lipinski definition) is 0. The second-order valence-corrected chi connectivity index (χ2v) is 38.9. The lowest BCUT2D eigenvalue weighted by Gasteiger charge is -2.79. The van der Waals surface area contributed by atoms with Crippen LogP contribution in [-0.4, -0.2) is 0 Å². The average molecular weight is 1670 g/mol. The molecule has 0 aromatic heterocycles. The highest BCUT2D eigenvalue weighted by Crippen LogP contribution is 2.84. The monoisotopic (exact) mass is 1670 g/mol. The maximum atomic E-state index is 2.70. The molecule has 0 nitrogen and oxygen atoms in total. The van der Waals surface area contributed by atoms with Crippen LogP contribution in [0.1, 0.15) is 216 Å². The van der Waals surface area contributed by atoms with Crippen LogP contribution in [0.15, 0.2) is 394 Å². The van der Waals surface area contributed by atoms with Crippen LogP contribution in [0.4, 0.5) is 0 Å². The van der Waals surface area contributed by atoms with Gasteiger partial charge >= 0.3 is 0 Å². The van der Waals surface area contributed by atoms with Gasteiger partial charge in [-0.15, -0.1) is 0 Å². The lowest BCUT2D eigenvalue weighted by Crippen LogP contribution is -2.73. The second-order valence-electron chi connectivity index (χ2n) is 38.9. The first kappa shape index (κ1) is 82.7. The molecule has 0 aliphatic heterocycles. The molecule has 0 heteroatoms. The summed E-state index contributed by atoms with van der Waals surface area (Å²) in [6.07, 6.45) is 60.7. The maximum Gasteiger partial charge on any atom is -0.00241 e. The molecular weight excluding hydrogens is 1560 g/mol. The molecule has 15 aromatic rings. The number of rotatable bonds is 26. The molecule has 8 aliphatic rings. The topological polar surface area (TPSA) is 0 Å². The van der Waals surface area contributed by atoms with E-state index in [1.807, 2.05) is 0 Å². The largest absolute Gasteiger partial charge is 0.0622 e. The lowest BCUT2D eigenvalue weighted by molar-refractivity contribution is -0.231. The van der Waals surface area contributed by atoms with Crippen LogP contribution >= 0.6 is 0 Å². The average Bonchev–Trinajstić information content (AvgIpc) is 0.642. The van der Waals surface area contributed by atoms with Gasteiger partial charge in [-0.1, -0.05) is 486 Å². The summed E-state index contributed by atoms with van der Waals surface area (Å²) >= 11 is 0. The van der Waals surface area contributed by atoms with E-state index < -0.39 is 0 Å². The minimum Gasteiger partial charge on any atom is -0.0622 e. The first-order valence-electron chi connectivity index (χ1n) is 47.0. The van der Waals surface area contributed by atoms with Crippen LogP contribution in [-0.2, 0) is 27.1 Å². The molecule has 8 fully saturated rings. The first-order chi connectivity index (χ1) is 63.9. The van der Waals surface area contributed by atoms with E-state index in [2.05, 4.69) is 516 Å². The van der Waals surface area contributed by atoms with Crippen molar-refractivity contribution in [3.63, 3.8) is 0 Å². The molecule has 130 heavy (non-hydrogen) atoms. The van der Waals surface area contributed by atoms with E-state index in [0.717, 1.165) is 70.6 Å². The van der Waals surface area contributed by atoms with Crippen molar-refractivity contribution in [3.8, 4) is 0 Å². The Morgan fingerprint density at radius 2 is 0.269 bits per heavy atom. The Balaban J connectivity index is 0.855. The fraction of sp³-hybridized carbons (Fsp3) is 0.154. The van der Waals surface area contributed by atoms with Gasteiger partial charge in [-0.2, -0.15) is 0 Å². The second kappa shape index (κ2) is 36.1. The fourth-order valence-corrected chi connectivity index (χ4v) is 25.2. The van der Waals surface area contributed by atoms with Gasteiger partial charge < -0.3 is 0 Å². The molecule has 0 saturated heterocycles. The zero-order valence-electron chi connectivity index (χ0n) is 74.1. The summed E-state index contributed by atoms with van der Waals surface area (Å²) in [7, 11) is 0. The fourth-order valence-electron chi connectivity index (χ4n) is 25.2. The van der Waals surface area contributed by atoms with E-state index in [1.54, 1.807) is 0 Å². The third kappa shape index (κ3) is 17.9. The van der Waals surface area contributed by atoms with Gasteiger partial charge in [0.1, 0.15) is 0 Å². The zero-order chi connectivity index (χ0) is 87.1. The standard InChI is InChI=1S/C130H110/c1-11-31-98(32-12-1)51-61-108-71-109(62-52-99-33-13-2-14-34-99)77-119(76-108)124-86-118-87-125(89-124,120-78-110(63-53-100-35-15-3-16-36-100)72-111(79-120)64-54-101-37-17-4-18-38-101)94-129(88-118,93-124)130-95-126(121-80-112(65-55-102-39-19-5-20-40-102)73-113(81-121)66-56-103-41-21-6-22-42-103)90-127(96-130,122-82-114(67-57-104-43-23-7-24-44-104)74-115(83-122)68-58-105-45-25-8-26-46-105)92-128(91-126,97-130)123-84-116(69-59-106-47-27-9-28-48-106)75-117(85-123)70-60-107-49-29-10-30-50-107/h1-85,118H,86-97H2/b61-51+,62-52+,63-53+,64-54+,65-55+,66-56+,67-57+,68-58+,69-59+,70-60+. The summed E-state index contributed by atoms with van der Waals surface area (Å²) in [5, 5.41) is 0. The van der Waals surface area contributed by atoms with E-state index in [0.29, 0.717) is 5.92 Å². The third-order valence-electron chi connectivity index (χ3n) is 29.9. The molecule has 8 aliphatic carbocycles. The summed E-state index contributed by atoms with van der Waals surface area (Å²) in [4.78, 5) is 0. The molecular formula is C130H110. The van der Waals surface area contributed by atoms with Crippen molar-refractivity contribution in [3.05, 3.63) is 533 Å². The summed E-state index contributed by atoms with van der Waals surface area (Å²) in [6.45, 7) is 0. The predicted octanol–water partition coefficient (Wildman–Crippen LogP) is 33.7. The Bertz CT molecular complexity index is 5960. The minimum absolute atomic E-state index is 0.191. The number of benzene rings is 15. The Kier molecular flexibility index (Phi) is 22.9. The highest BCUT2D eigenvalue weighted by molar-refractivity contribution is 5.82. The Labute approximate surface area is 770 Å².